The van der Waals surface area contributed by atoms with Gasteiger partial charge in [-0.15, -0.1) is 0 Å². The maximum absolute atomic E-state index is 11.6. The normalized spacial score (nSPS) is 10.9. The lowest BCUT2D eigenvalue weighted by molar-refractivity contribution is 0.784. The van der Waals surface area contributed by atoms with E-state index in [9.17, 15) is 4.79 Å². The Kier molecular flexibility index (Phi) is 3.60. The van der Waals surface area contributed by atoms with E-state index in [4.69, 9.17) is 0 Å². The molecule has 3 heteroatoms. The highest BCUT2D eigenvalue weighted by Crippen LogP contribution is 2.11. The minimum Gasteiger partial charge on any atom is -0.310 e. The minimum atomic E-state index is -0.0728. The summed E-state index contributed by atoms with van der Waals surface area (Å²) in [5.74, 6) is 1.00. The Balaban J connectivity index is 2.32. The molecule has 0 spiro atoms. The fraction of sp³-hybridized carbons (Fsp3) is 0.333. The lowest BCUT2D eigenvalue weighted by Crippen LogP contribution is -2.13. The quantitative estimate of drug-likeness (QED) is 0.899. The standard InChI is InChI=1S/C15H18N2O/c1-10(2)13-9-15(18)17-14(16-13)8-12-6-4-5-11(3)7-12/h4-7,9-10H,8H2,1-3H3,(H,16,17,18). The van der Waals surface area contributed by atoms with Gasteiger partial charge in [0.1, 0.15) is 5.82 Å². The Morgan fingerprint density at radius 1 is 1.28 bits per heavy atom. The van der Waals surface area contributed by atoms with Gasteiger partial charge in [-0.3, -0.25) is 4.79 Å². The van der Waals surface area contributed by atoms with Crippen LogP contribution in [0, 0.1) is 6.92 Å². The van der Waals surface area contributed by atoms with Crippen LogP contribution >= 0.6 is 0 Å². The SMILES string of the molecule is Cc1cccc(Cc2nc(C(C)C)cc(=O)[nH]2)c1. The van der Waals surface area contributed by atoms with Crippen LogP contribution in [0.4, 0.5) is 0 Å². The molecule has 0 atom stereocenters. The van der Waals surface area contributed by atoms with Crippen molar-refractivity contribution in [3.8, 4) is 0 Å². The molecular weight excluding hydrogens is 224 g/mol. The van der Waals surface area contributed by atoms with Crippen molar-refractivity contribution in [2.45, 2.75) is 33.1 Å². The third kappa shape index (κ3) is 3.06. The van der Waals surface area contributed by atoms with Crippen LogP contribution in [-0.2, 0) is 6.42 Å². The minimum absolute atomic E-state index is 0.0728. The van der Waals surface area contributed by atoms with E-state index in [-0.39, 0.29) is 11.5 Å². The number of hydrogen-bond donors (Lipinski definition) is 1. The van der Waals surface area contributed by atoms with Crippen LogP contribution in [0.25, 0.3) is 0 Å². The summed E-state index contributed by atoms with van der Waals surface area (Å²) in [6, 6.07) is 9.82. The van der Waals surface area contributed by atoms with Gasteiger partial charge in [0, 0.05) is 12.5 Å². The Labute approximate surface area is 107 Å². The molecule has 1 aromatic carbocycles. The van der Waals surface area contributed by atoms with E-state index in [2.05, 4.69) is 35.1 Å². The molecule has 0 aliphatic carbocycles. The monoisotopic (exact) mass is 242 g/mol. The number of H-pyrrole nitrogens is 1. The van der Waals surface area contributed by atoms with Crippen LogP contribution in [-0.4, -0.2) is 9.97 Å². The van der Waals surface area contributed by atoms with Gasteiger partial charge < -0.3 is 4.98 Å². The van der Waals surface area contributed by atoms with Crippen molar-refractivity contribution in [2.24, 2.45) is 0 Å². The Hall–Kier alpha value is -1.90. The van der Waals surface area contributed by atoms with Gasteiger partial charge in [0.15, 0.2) is 0 Å². The molecule has 0 fully saturated rings. The van der Waals surface area contributed by atoms with Crippen molar-refractivity contribution in [1.29, 1.82) is 0 Å². The van der Waals surface area contributed by atoms with Gasteiger partial charge in [-0.25, -0.2) is 4.98 Å². The number of nitrogens with one attached hydrogen (secondary N) is 1. The summed E-state index contributed by atoms with van der Waals surface area (Å²) in [7, 11) is 0. The summed E-state index contributed by atoms with van der Waals surface area (Å²) in [5.41, 5.74) is 3.16. The van der Waals surface area contributed by atoms with Crippen LogP contribution in [0.3, 0.4) is 0 Å². The third-order valence-electron chi connectivity index (χ3n) is 2.86. The molecular formula is C15H18N2O. The molecule has 0 aliphatic rings. The summed E-state index contributed by atoms with van der Waals surface area (Å²) in [5, 5.41) is 0. The lowest BCUT2D eigenvalue weighted by atomic mass is 10.1. The summed E-state index contributed by atoms with van der Waals surface area (Å²) in [6.45, 7) is 6.14. The van der Waals surface area contributed by atoms with Crippen LogP contribution in [0.2, 0.25) is 0 Å². The zero-order valence-electron chi connectivity index (χ0n) is 11.0. The van der Waals surface area contributed by atoms with E-state index in [1.807, 2.05) is 19.9 Å². The van der Waals surface area contributed by atoms with E-state index in [0.717, 1.165) is 11.5 Å². The van der Waals surface area contributed by atoms with Gasteiger partial charge in [0.25, 0.3) is 5.56 Å². The van der Waals surface area contributed by atoms with E-state index < -0.39 is 0 Å². The van der Waals surface area contributed by atoms with E-state index in [1.54, 1.807) is 6.07 Å². The Bertz CT molecular complexity index is 599. The molecule has 0 saturated carbocycles. The van der Waals surface area contributed by atoms with Crippen molar-refractivity contribution in [3.05, 3.63) is 63.3 Å². The molecule has 0 saturated heterocycles. The second-order valence-electron chi connectivity index (χ2n) is 4.94. The summed E-state index contributed by atoms with van der Waals surface area (Å²) < 4.78 is 0. The smallest absolute Gasteiger partial charge is 0.251 e. The molecule has 2 aromatic rings. The number of nitrogens with zero attached hydrogens (tertiary/aromatic N) is 1. The summed E-state index contributed by atoms with van der Waals surface area (Å²) in [4.78, 5) is 18.9. The molecule has 3 nitrogen and oxygen atoms in total. The Morgan fingerprint density at radius 2 is 2.06 bits per heavy atom. The molecule has 0 unspecified atom stereocenters. The topological polar surface area (TPSA) is 45.8 Å². The number of aromatic nitrogens is 2. The van der Waals surface area contributed by atoms with Crippen molar-refractivity contribution in [2.75, 3.05) is 0 Å². The number of benzene rings is 1. The van der Waals surface area contributed by atoms with Crippen LogP contribution in [0.5, 0.6) is 0 Å². The van der Waals surface area contributed by atoms with E-state index in [1.165, 1.54) is 11.1 Å². The average molecular weight is 242 g/mol. The van der Waals surface area contributed by atoms with Gasteiger partial charge in [-0.1, -0.05) is 43.7 Å². The first-order valence-electron chi connectivity index (χ1n) is 6.20. The zero-order valence-corrected chi connectivity index (χ0v) is 11.0. The largest absolute Gasteiger partial charge is 0.310 e. The first kappa shape index (κ1) is 12.6. The van der Waals surface area contributed by atoms with Crippen LogP contribution < -0.4 is 5.56 Å². The third-order valence-corrected chi connectivity index (χ3v) is 2.86. The van der Waals surface area contributed by atoms with Crippen molar-refractivity contribution in [3.63, 3.8) is 0 Å². The second-order valence-corrected chi connectivity index (χ2v) is 4.94. The molecule has 0 bridgehead atoms. The highest BCUT2D eigenvalue weighted by Gasteiger charge is 2.06. The number of aromatic amines is 1. The average Bonchev–Trinajstić information content (AvgIpc) is 2.28. The van der Waals surface area contributed by atoms with Crippen molar-refractivity contribution < 1.29 is 0 Å². The fourth-order valence-corrected chi connectivity index (χ4v) is 1.92. The van der Waals surface area contributed by atoms with E-state index in [0.29, 0.717) is 6.42 Å². The fourth-order valence-electron chi connectivity index (χ4n) is 1.92. The van der Waals surface area contributed by atoms with Crippen LogP contribution in [0.15, 0.2) is 35.1 Å². The van der Waals surface area contributed by atoms with Gasteiger partial charge in [-0.05, 0) is 18.4 Å². The molecule has 0 radical (unpaired) electrons. The first-order chi connectivity index (χ1) is 8.54. The molecule has 0 amide bonds. The number of rotatable bonds is 3. The van der Waals surface area contributed by atoms with E-state index >= 15 is 0 Å². The van der Waals surface area contributed by atoms with Crippen LogP contribution in [0.1, 0.15) is 42.4 Å². The summed E-state index contributed by atoms with van der Waals surface area (Å²) >= 11 is 0. The predicted octanol–water partition coefficient (Wildman–Crippen LogP) is 2.79. The molecule has 18 heavy (non-hydrogen) atoms. The zero-order chi connectivity index (χ0) is 13.1. The second kappa shape index (κ2) is 5.17. The molecule has 2 rings (SSSR count). The number of aryl methyl sites for hydroxylation is 1. The molecule has 0 aliphatic heterocycles. The highest BCUT2D eigenvalue weighted by molar-refractivity contribution is 5.25. The maximum Gasteiger partial charge on any atom is 0.251 e. The highest BCUT2D eigenvalue weighted by atomic mass is 16.1. The maximum atomic E-state index is 11.6. The van der Waals surface area contributed by atoms with Gasteiger partial charge in [-0.2, -0.15) is 0 Å². The molecule has 1 N–H and O–H groups in total. The predicted molar refractivity (Wildman–Crippen MR) is 72.9 cm³/mol. The van der Waals surface area contributed by atoms with Gasteiger partial charge in [0.05, 0.1) is 5.69 Å². The summed E-state index contributed by atoms with van der Waals surface area (Å²) in [6.07, 6.45) is 0.664. The molecule has 1 aromatic heterocycles. The van der Waals surface area contributed by atoms with Gasteiger partial charge in [0.2, 0.25) is 0 Å². The van der Waals surface area contributed by atoms with Crippen molar-refractivity contribution in [1.82, 2.24) is 9.97 Å². The van der Waals surface area contributed by atoms with Gasteiger partial charge >= 0.3 is 0 Å². The first-order valence-corrected chi connectivity index (χ1v) is 6.20. The molecule has 94 valence electrons. The van der Waals surface area contributed by atoms with Crippen molar-refractivity contribution >= 4 is 0 Å². The Morgan fingerprint density at radius 3 is 2.72 bits per heavy atom. The molecule has 1 heterocycles. The number of hydrogen-bond acceptors (Lipinski definition) is 2. The lowest BCUT2D eigenvalue weighted by Gasteiger charge is -2.07.